The SMILES string of the molecule is CS(=O)(=O)Nc1cccc(C(=O)OCc2ccn(-c3ccccc3)n2)c1. The van der Waals surface area contributed by atoms with Gasteiger partial charge < -0.3 is 4.74 Å². The minimum absolute atomic E-state index is 0.0163. The number of para-hydroxylation sites is 1. The normalized spacial score (nSPS) is 11.1. The van der Waals surface area contributed by atoms with Gasteiger partial charge in [-0.15, -0.1) is 0 Å². The molecule has 3 rings (SSSR count). The van der Waals surface area contributed by atoms with Crippen LogP contribution in [0.1, 0.15) is 16.1 Å². The van der Waals surface area contributed by atoms with Gasteiger partial charge in [-0.25, -0.2) is 17.9 Å². The van der Waals surface area contributed by atoms with Crippen LogP contribution in [0.3, 0.4) is 0 Å². The highest BCUT2D eigenvalue weighted by atomic mass is 32.2. The van der Waals surface area contributed by atoms with E-state index in [-0.39, 0.29) is 12.2 Å². The number of hydrogen-bond donors (Lipinski definition) is 1. The van der Waals surface area contributed by atoms with Crippen molar-refractivity contribution in [2.75, 3.05) is 11.0 Å². The van der Waals surface area contributed by atoms with Gasteiger partial charge in [-0.05, 0) is 36.4 Å². The third-order valence-electron chi connectivity index (χ3n) is 3.42. The molecular formula is C18H17N3O4S. The van der Waals surface area contributed by atoms with Crippen molar-refractivity contribution in [2.24, 2.45) is 0 Å². The highest BCUT2D eigenvalue weighted by Crippen LogP contribution is 2.14. The number of anilines is 1. The highest BCUT2D eigenvalue weighted by molar-refractivity contribution is 7.92. The molecule has 0 saturated carbocycles. The molecule has 0 spiro atoms. The maximum atomic E-state index is 12.2. The van der Waals surface area contributed by atoms with Crippen molar-refractivity contribution in [2.45, 2.75) is 6.61 Å². The monoisotopic (exact) mass is 371 g/mol. The molecule has 0 atom stereocenters. The number of ether oxygens (including phenoxy) is 1. The number of carbonyl (C=O) groups excluding carboxylic acids is 1. The van der Waals surface area contributed by atoms with Gasteiger partial charge >= 0.3 is 5.97 Å². The van der Waals surface area contributed by atoms with Crippen LogP contribution < -0.4 is 4.72 Å². The van der Waals surface area contributed by atoms with Crippen LogP contribution in [0.2, 0.25) is 0 Å². The number of nitrogens with one attached hydrogen (secondary N) is 1. The summed E-state index contributed by atoms with van der Waals surface area (Å²) in [6, 6.07) is 17.5. The van der Waals surface area contributed by atoms with Crippen molar-refractivity contribution >= 4 is 21.7 Å². The smallest absolute Gasteiger partial charge is 0.338 e. The minimum atomic E-state index is -3.41. The van der Waals surface area contributed by atoms with Gasteiger partial charge in [0.15, 0.2) is 0 Å². The Labute approximate surface area is 151 Å². The zero-order chi connectivity index (χ0) is 18.6. The summed E-state index contributed by atoms with van der Waals surface area (Å²) in [6.07, 6.45) is 2.83. The van der Waals surface area contributed by atoms with Gasteiger partial charge in [0.05, 0.1) is 17.5 Å². The first-order chi connectivity index (χ1) is 12.4. The molecule has 0 fully saturated rings. The largest absolute Gasteiger partial charge is 0.456 e. The third-order valence-corrected chi connectivity index (χ3v) is 4.02. The molecule has 0 amide bonds. The van der Waals surface area contributed by atoms with Crippen molar-refractivity contribution < 1.29 is 17.9 Å². The molecule has 2 aromatic carbocycles. The van der Waals surface area contributed by atoms with E-state index in [4.69, 9.17) is 4.74 Å². The summed E-state index contributed by atoms with van der Waals surface area (Å²) < 4.78 is 31.8. The maximum Gasteiger partial charge on any atom is 0.338 e. The minimum Gasteiger partial charge on any atom is -0.456 e. The molecule has 1 heterocycles. The van der Waals surface area contributed by atoms with E-state index in [9.17, 15) is 13.2 Å². The summed E-state index contributed by atoms with van der Waals surface area (Å²) in [5, 5.41) is 4.36. The zero-order valence-electron chi connectivity index (χ0n) is 14.0. The molecule has 0 radical (unpaired) electrons. The first kappa shape index (κ1) is 17.7. The van der Waals surface area contributed by atoms with Crippen molar-refractivity contribution in [1.82, 2.24) is 9.78 Å². The van der Waals surface area contributed by atoms with Crippen molar-refractivity contribution in [3.05, 3.63) is 78.1 Å². The Morgan fingerprint density at radius 3 is 2.62 bits per heavy atom. The molecule has 26 heavy (non-hydrogen) atoms. The Kier molecular flexibility index (Phi) is 5.04. The van der Waals surface area contributed by atoms with E-state index >= 15 is 0 Å². The Morgan fingerprint density at radius 2 is 1.88 bits per heavy atom. The van der Waals surface area contributed by atoms with Gasteiger partial charge in [0, 0.05) is 11.9 Å². The lowest BCUT2D eigenvalue weighted by Crippen LogP contribution is -2.11. The summed E-state index contributed by atoms with van der Waals surface area (Å²) in [7, 11) is -3.41. The molecule has 1 N–H and O–H groups in total. The molecule has 0 bridgehead atoms. The van der Waals surface area contributed by atoms with Crippen molar-refractivity contribution in [1.29, 1.82) is 0 Å². The lowest BCUT2D eigenvalue weighted by molar-refractivity contribution is 0.0467. The average Bonchev–Trinajstić information content (AvgIpc) is 3.08. The van der Waals surface area contributed by atoms with Gasteiger partial charge in [0.1, 0.15) is 12.3 Å². The second-order valence-corrected chi connectivity index (χ2v) is 7.37. The Bertz CT molecular complexity index is 1010. The fraction of sp³-hybridized carbons (Fsp3) is 0.111. The van der Waals surface area contributed by atoms with Gasteiger partial charge in [-0.2, -0.15) is 5.10 Å². The average molecular weight is 371 g/mol. The lowest BCUT2D eigenvalue weighted by Gasteiger charge is -2.07. The van der Waals surface area contributed by atoms with Crippen LogP contribution in [-0.2, 0) is 21.4 Å². The van der Waals surface area contributed by atoms with Crippen LogP contribution in [0, 0.1) is 0 Å². The number of nitrogens with zero attached hydrogens (tertiary/aromatic N) is 2. The predicted molar refractivity (Wildman–Crippen MR) is 97.6 cm³/mol. The second kappa shape index (κ2) is 7.40. The summed E-state index contributed by atoms with van der Waals surface area (Å²) in [6.45, 7) is 0.0163. The molecule has 0 aliphatic rings. The highest BCUT2D eigenvalue weighted by Gasteiger charge is 2.11. The van der Waals surface area contributed by atoms with E-state index in [1.165, 1.54) is 6.07 Å². The van der Waals surface area contributed by atoms with Crippen LogP contribution in [0.15, 0.2) is 66.9 Å². The van der Waals surface area contributed by atoms with Crippen molar-refractivity contribution in [3.8, 4) is 5.69 Å². The molecule has 1 aromatic heterocycles. The predicted octanol–water partition coefficient (Wildman–Crippen LogP) is 2.60. The van der Waals surface area contributed by atoms with E-state index in [0.29, 0.717) is 11.4 Å². The Hall–Kier alpha value is -3.13. The molecule has 0 aliphatic carbocycles. The van der Waals surface area contributed by atoms with Crippen molar-refractivity contribution in [3.63, 3.8) is 0 Å². The van der Waals surface area contributed by atoms with Crippen LogP contribution in [0.5, 0.6) is 0 Å². The molecule has 3 aromatic rings. The summed E-state index contributed by atoms with van der Waals surface area (Å²) >= 11 is 0. The fourth-order valence-electron chi connectivity index (χ4n) is 2.31. The number of sulfonamides is 1. The molecule has 0 saturated heterocycles. The second-order valence-electron chi connectivity index (χ2n) is 5.62. The molecular weight excluding hydrogens is 354 g/mol. The van der Waals surface area contributed by atoms with E-state index in [2.05, 4.69) is 9.82 Å². The number of esters is 1. The van der Waals surface area contributed by atoms with Crippen LogP contribution in [0.25, 0.3) is 5.69 Å². The van der Waals surface area contributed by atoms with E-state index in [1.54, 1.807) is 35.1 Å². The zero-order valence-corrected chi connectivity index (χ0v) is 14.8. The molecule has 134 valence electrons. The maximum absolute atomic E-state index is 12.2. The number of benzene rings is 2. The number of carbonyl (C=O) groups is 1. The molecule has 7 nitrogen and oxygen atoms in total. The quantitative estimate of drug-likeness (QED) is 0.673. The van der Waals surface area contributed by atoms with E-state index in [1.807, 2.05) is 30.3 Å². The van der Waals surface area contributed by atoms with Crippen LogP contribution in [0.4, 0.5) is 5.69 Å². The molecule has 8 heteroatoms. The number of aromatic nitrogens is 2. The van der Waals surface area contributed by atoms with Crippen LogP contribution in [-0.4, -0.2) is 30.4 Å². The molecule has 0 unspecified atom stereocenters. The number of hydrogen-bond acceptors (Lipinski definition) is 5. The first-order valence-electron chi connectivity index (χ1n) is 7.76. The van der Waals surface area contributed by atoms with Gasteiger partial charge in [-0.3, -0.25) is 4.72 Å². The Balaban J connectivity index is 1.64. The fourth-order valence-corrected chi connectivity index (χ4v) is 2.86. The standard InChI is InChI=1S/C18H17N3O4S/c1-26(23,24)20-15-7-5-6-14(12-15)18(22)25-13-16-10-11-21(19-16)17-8-3-2-4-9-17/h2-12,20H,13H2,1H3. The summed E-state index contributed by atoms with van der Waals surface area (Å²) in [5.74, 6) is -0.559. The topological polar surface area (TPSA) is 90.3 Å². The third kappa shape index (κ3) is 4.70. The molecule has 0 aliphatic heterocycles. The van der Waals surface area contributed by atoms with Gasteiger partial charge in [0.25, 0.3) is 0 Å². The van der Waals surface area contributed by atoms with Gasteiger partial charge in [0.2, 0.25) is 10.0 Å². The van der Waals surface area contributed by atoms with Gasteiger partial charge in [-0.1, -0.05) is 24.3 Å². The Morgan fingerprint density at radius 1 is 1.12 bits per heavy atom. The first-order valence-corrected chi connectivity index (χ1v) is 9.65. The lowest BCUT2D eigenvalue weighted by atomic mass is 10.2. The number of rotatable bonds is 6. The van der Waals surface area contributed by atoms with E-state index in [0.717, 1.165) is 11.9 Å². The van der Waals surface area contributed by atoms with E-state index < -0.39 is 16.0 Å². The van der Waals surface area contributed by atoms with Crippen LogP contribution >= 0.6 is 0 Å². The summed E-state index contributed by atoms with van der Waals surface area (Å²) in [4.78, 5) is 12.2. The summed E-state index contributed by atoms with van der Waals surface area (Å²) in [5.41, 5.74) is 2.06.